The van der Waals surface area contributed by atoms with Crippen LogP contribution in [0.1, 0.15) is 20.3 Å². The standard InChI is InChI=1S/C17H22BrN3/c1-3-12(2)15-11-21(8-7-19-15)16-6-4-5-13-9-14(18)10-20-17(13)16/h4-6,9-10,12,15,19H,3,7-8,11H2,1-2H3. The quantitative estimate of drug-likeness (QED) is 0.914. The molecular formula is C17H22BrN3. The van der Waals surface area contributed by atoms with E-state index in [-0.39, 0.29) is 0 Å². The van der Waals surface area contributed by atoms with Crippen molar-refractivity contribution in [2.24, 2.45) is 5.92 Å². The van der Waals surface area contributed by atoms with Gasteiger partial charge in [-0.05, 0) is 34.0 Å². The van der Waals surface area contributed by atoms with Crippen LogP contribution in [0.2, 0.25) is 0 Å². The first kappa shape index (κ1) is 14.8. The molecule has 2 atom stereocenters. The number of anilines is 1. The van der Waals surface area contributed by atoms with Crippen molar-refractivity contribution in [3.8, 4) is 0 Å². The van der Waals surface area contributed by atoms with Crippen molar-refractivity contribution in [3.63, 3.8) is 0 Å². The molecule has 1 aromatic heterocycles. The Morgan fingerprint density at radius 2 is 2.33 bits per heavy atom. The van der Waals surface area contributed by atoms with E-state index in [2.05, 4.69) is 69.2 Å². The van der Waals surface area contributed by atoms with Gasteiger partial charge in [-0.2, -0.15) is 0 Å². The van der Waals surface area contributed by atoms with Crippen LogP contribution in [0.25, 0.3) is 10.9 Å². The van der Waals surface area contributed by atoms with E-state index in [1.807, 2.05) is 6.20 Å². The molecular weight excluding hydrogens is 326 g/mol. The van der Waals surface area contributed by atoms with Crippen LogP contribution in [0.4, 0.5) is 5.69 Å². The minimum atomic E-state index is 0.564. The monoisotopic (exact) mass is 347 g/mol. The maximum Gasteiger partial charge on any atom is 0.0936 e. The summed E-state index contributed by atoms with van der Waals surface area (Å²) in [5, 5.41) is 4.85. The van der Waals surface area contributed by atoms with E-state index < -0.39 is 0 Å². The summed E-state index contributed by atoms with van der Waals surface area (Å²) in [5.41, 5.74) is 2.36. The van der Waals surface area contributed by atoms with Gasteiger partial charge in [0.1, 0.15) is 0 Å². The predicted molar refractivity (Wildman–Crippen MR) is 92.9 cm³/mol. The molecule has 0 spiro atoms. The van der Waals surface area contributed by atoms with Crippen molar-refractivity contribution in [1.82, 2.24) is 10.3 Å². The van der Waals surface area contributed by atoms with Crippen LogP contribution < -0.4 is 10.2 Å². The number of hydrogen-bond donors (Lipinski definition) is 1. The van der Waals surface area contributed by atoms with Gasteiger partial charge in [0.2, 0.25) is 0 Å². The Kier molecular flexibility index (Phi) is 4.45. The molecule has 0 aliphatic carbocycles. The van der Waals surface area contributed by atoms with E-state index in [1.54, 1.807) is 0 Å². The van der Waals surface area contributed by atoms with Gasteiger partial charge in [-0.1, -0.05) is 32.4 Å². The lowest BCUT2D eigenvalue weighted by Gasteiger charge is -2.38. The molecule has 2 heterocycles. The van der Waals surface area contributed by atoms with E-state index in [9.17, 15) is 0 Å². The number of benzene rings is 1. The van der Waals surface area contributed by atoms with Crippen LogP contribution in [0.15, 0.2) is 34.9 Å². The Hall–Kier alpha value is -1.13. The van der Waals surface area contributed by atoms with Crippen LogP contribution in [-0.4, -0.2) is 30.7 Å². The van der Waals surface area contributed by atoms with Crippen molar-refractivity contribution in [1.29, 1.82) is 0 Å². The summed E-state index contributed by atoms with van der Waals surface area (Å²) < 4.78 is 1.03. The van der Waals surface area contributed by atoms with E-state index in [0.29, 0.717) is 12.0 Å². The second-order valence-electron chi connectivity index (χ2n) is 5.89. The highest BCUT2D eigenvalue weighted by Crippen LogP contribution is 2.28. The van der Waals surface area contributed by atoms with E-state index >= 15 is 0 Å². The van der Waals surface area contributed by atoms with Gasteiger partial charge in [-0.25, -0.2) is 0 Å². The Morgan fingerprint density at radius 1 is 1.48 bits per heavy atom. The average molecular weight is 348 g/mol. The van der Waals surface area contributed by atoms with Crippen molar-refractivity contribution >= 4 is 32.5 Å². The summed E-state index contributed by atoms with van der Waals surface area (Å²) in [4.78, 5) is 7.12. The van der Waals surface area contributed by atoms with Gasteiger partial charge in [0.25, 0.3) is 0 Å². The van der Waals surface area contributed by atoms with Crippen LogP contribution >= 0.6 is 15.9 Å². The molecule has 1 fully saturated rings. The van der Waals surface area contributed by atoms with E-state index in [1.165, 1.54) is 17.5 Å². The first-order valence-corrected chi connectivity index (χ1v) is 8.51. The Bertz CT molecular complexity index is 628. The van der Waals surface area contributed by atoms with Crippen molar-refractivity contribution < 1.29 is 0 Å². The fourth-order valence-corrected chi connectivity index (χ4v) is 3.38. The minimum absolute atomic E-state index is 0.564. The number of rotatable bonds is 3. The number of nitrogens with zero attached hydrogens (tertiary/aromatic N) is 2. The molecule has 0 amide bonds. The molecule has 1 saturated heterocycles. The fraction of sp³-hybridized carbons (Fsp3) is 0.471. The van der Waals surface area contributed by atoms with E-state index in [4.69, 9.17) is 0 Å². The molecule has 1 aliphatic rings. The summed E-state index contributed by atoms with van der Waals surface area (Å²) in [6.45, 7) is 7.75. The van der Waals surface area contributed by atoms with Gasteiger partial charge >= 0.3 is 0 Å². The second kappa shape index (κ2) is 6.32. The number of para-hydroxylation sites is 1. The number of halogens is 1. The SMILES string of the molecule is CCC(C)C1CN(c2cccc3cc(Br)cnc23)CCN1. The average Bonchev–Trinajstić information content (AvgIpc) is 2.53. The molecule has 3 rings (SSSR count). The number of pyridine rings is 1. The summed E-state index contributed by atoms with van der Waals surface area (Å²) in [6.07, 6.45) is 3.10. The zero-order valence-corrected chi connectivity index (χ0v) is 14.2. The van der Waals surface area contributed by atoms with Gasteiger partial charge < -0.3 is 10.2 Å². The molecule has 4 heteroatoms. The minimum Gasteiger partial charge on any atom is -0.367 e. The smallest absolute Gasteiger partial charge is 0.0936 e. The Balaban J connectivity index is 1.93. The van der Waals surface area contributed by atoms with Crippen molar-refractivity contribution in [2.45, 2.75) is 26.3 Å². The van der Waals surface area contributed by atoms with Gasteiger partial charge in [0, 0.05) is 41.7 Å². The Labute approximate surface area is 134 Å². The molecule has 2 unspecified atom stereocenters. The van der Waals surface area contributed by atoms with Gasteiger partial charge in [0.05, 0.1) is 11.2 Å². The normalized spacial score (nSPS) is 20.7. The summed E-state index contributed by atoms with van der Waals surface area (Å²) in [6, 6.07) is 9.16. The van der Waals surface area contributed by atoms with Crippen molar-refractivity contribution in [2.75, 3.05) is 24.5 Å². The van der Waals surface area contributed by atoms with Gasteiger partial charge in [0.15, 0.2) is 0 Å². The number of hydrogen-bond acceptors (Lipinski definition) is 3. The lowest BCUT2D eigenvalue weighted by atomic mass is 9.97. The first-order valence-electron chi connectivity index (χ1n) is 7.71. The molecule has 1 N–H and O–H groups in total. The van der Waals surface area contributed by atoms with Crippen molar-refractivity contribution in [3.05, 3.63) is 34.9 Å². The lowest BCUT2D eigenvalue weighted by molar-refractivity contribution is 0.342. The molecule has 0 bridgehead atoms. The summed E-state index contributed by atoms with van der Waals surface area (Å²) in [7, 11) is 0. The van der Waals surface area contributed by atoms with Gasteiger partial charge in [-0.3, -0.25) is 4.98 Å². The molecule has 112 valence electrons. The third-order valence-corrected chi connectivity index (χ3v) is 4.97. The lowest BCUT2D eigenvalue weighted by Crippen LogP contribution is -2.53. The van der Waals surface area contributed by atoms with Crippen LogP contribution in [0.5, 0.6) is 0 Å². The fourth-order valence-electron chi connectivity index (χ4n) is 3.04. The van der Waals surface area contributed by atoms with Crippen LogP contribution in [0.3, 0.4) is 0 Å². The topological polar surface area (TPSA) is 28.2 Å². The third-order valence-electron chi connectivity index (χ3n) is 4.53. The van der Waals surface area contributed by atoms with Crippen LogP contribution in [-0.2, 0) is 0 Å². The zero-order chi connectivity index (χ0) is 14.8. The number of piperazine rings is 1. The van der Waals surface area contributed by atoms with Gasteiger partial charge in [-0.15, -0.1) is 0 Å². The number of nitrogens with one attached hydrogen (secondary N) is 1. The third kappa shape index (κ3) is 3.06. The van der Waals surface area contributed by atoms with Crippen LogP contribution in [0, 0.1) is 5.92 Å². The highest BCUT2D eigenvalue weighted by atomic mass is 79.9. The van der Waals surface area contributed by atoms with E-state index in [0.717, 1.165) is 29.6 Å². The summed E-state index contributed by atoms with van der Waals surface area (Å²) >= 11 is 3.50. The summed E-state index contributed by atoms with van der Waals surface area (Å²) in [5.74, 6) is 0.699. The zero-order valence-electron chi connectivity index (χ0n) is 12.6. The molecule has 2 aromatic rings. The number of fused-ring (bicyclic) bond motifs is 1. The highest BCUT2D eigenvalue weighted by molar-refractivity contribution is 9.10. The molecule has 3 nitrogen and oxygen atoms in total. The molecule has 0 saturated carbocycles. The molecule has 1 aromatic carbocycles. The second-order valence-corrected chi connectivity index (χ2v) is 6.81. The molecule has 0 radical (unpaired) electrons. The Morgan fingerprint density at radius 3 is 3.14 bits per heavy atom. The first-order chi connectivity index (χ1) is 10.2. The number of aromatic nitrogens is 1. The predicted octanol–water partition coefficient (Wildman–Crippen LogP) is 3.82. The molecule has 1 aliphatic heterocycles. The maximum absolute atomic E-state index is 4.64. The maximum atomic E-state index is 4.64. The largest absolute Gasteiger partial charge is 0.367 e. The highest BCUT2D eigenvalue weighted by Gasteiger charge is 2.24. The molecule has 21 heavy (non-hydrogen) atoms.